The van der Waals surface area contributed by atoms with Gasteiger partial charge in [-0.2, -0.15) is 0 Å². The number of nitrogens with one attached hydrogen (secondary N) is 1. The Labute approximate surface area is 73.8 Å². The molecule has 72 valence electrons. The largest absolute Gasteiger partial charge is 0.318 e. The zero-order valence-electron chi connectivity index (χ0n) is 7.75. The fourth-order valence-corrected chi connectivity index (χ4v) is 2.91. The summed E-state index contributed by atoms with van der Waals surface area (Å²) in [5, 5.41) is 3.21. The molecule has 0 bridgehead atoms. The summed E-state index contributed by atoms with van der Waals surface area (Å²) < 4.78 is 19.0. The molecule has 12 heavy (non-hydrogen) atoms. The third kappa shape index (κ3) is 2.56. The van der Waals surface area contributed by atoms with Crippen molar-refractivity contribution in [3.8, 4) is 0 Å². The minimum absolute atomic E-state index is 0.526. The van der Waals surface area contributed by atoms with Crippen LogP contribution < -0.4 is 5.32 Å². The van der Waals surface area contributed by atoms with E-state index in [4.69, 9.17) is 4.52 Å². The van der Waals surface area contributed by atoms with E-state index in [1.54, 1.807) is 6.66 Å². The quantitative estimate of drug-likeness (QED) is 0.670. The molecule has 0 radical (unpaired) electrons. The molecule has 0 saturated carbocycles. The lowest BCUT2D eigenvalue weighted by atomic mass is 10.4. The van der Waals surface area contributed by atoms with Gasteiger partial charge in [0.05, 0.1) is 6.61 Å². The van der Waals surface area contributed by atoms with E-state index >= 15 is 0 Å². The summed E-state index contributed by atoms with van der Waals surface area (Å²) in [7, 11) is -2.47. The van der Waals surface area contributed by atoms with Gasteiger partial charge in [-0.05, 0) is 6.92 Å². The van der Waals surface area contributed by atoms with Crippen LogP contribution in [0.2, 0.25) is 0 Å². The van der Waals surface area contributed by atoms with Gasteiger partial charge in [0.15, 0.2) is 0 Å². The van der Waals surface area contributed by atoms with Gasteiger partial charge in [-0.25, -0.2) is 4.67 Å². The maximum absolute atomic E-state index is 11.8. The van der Waals surface area contributed by atoms with Gasteiger partial charge in [0.2, 0.25) is 0 Å². The van der Waals surface area contributed by atoms with E-state index in [0.29, 0.717) is 6.61 Å². The van der Waals surface area contributed by atoms with Gasteiger partial charge >= 0.3 is 0 Å². The molecule has 1 heterocycles. The SMILES string of the molecule is CCOP(C)(=O)N1CCNCC1. The predicted octanol–water partition coefficient (Wildman–Crippen LogP) is 0.751. The van der Waals surface area contributed by atoms with Crippen LogP contribution in [0.15, 0.2) is 0 Å². The van der Waals surface area contributed by atoms with E-state index in [1.807, 2.05) is 11.6 Å². The van der Waals surface area contributed by atoms with Gasteiger partial charge in [-0.1, -0.05) is 0 Å². The van der Waals surface area contributed by atoms with Crippen LogP contribution in [0.4, 0.5) is 0 Å². The molecule has 1 fully saturated rings. The molecule has 1 rings (SSSR count). The molecule has 1 N–H and O–H groups in total. The summed E-state index contributed by atoms with van der Waals surface area (Å²) in [6, 6.07) is 0. The van der Waals surface area contributed by atoms with Gasteiger partial charge in [0, 0.05) is 32.8 Å². The van der Waals surface area contributed by atoms with Crippen molar-refractivity contribution in [1.29, 1.82) is 0 Å². The summed E-state index contributed by atoms with van der Waals surface area (Å²) in [6.07, 6.45) is 0. The van der Waals surface area contributed by atoms with E-state index in [0.717, 1.165) is 26.2 Å². The normalized spacial score (nSPS) is 25.2. The smallest absolute Gasteiger partial charge is 0.269 e. The Kier molecular flexibility index (Phi) is 3.72. The van der Waals surface area contributed by atoms with Crippen molar-refractivity contribution in [2.24, 2.45) is 0 Å². The number of nitrogens with zero attached hydrogens (tertiary/aromatic N) is 1. The maximum Gasteiger partial charge on any atom is 0.269 e. The fraction of sp³-hybridized carbons (Fsp3) is 1.00. The Morgan fingerprint density at radius 3 is 2.58 bits per heavy atom. The molecule has 0 spiro atoms. The summed E-state index contributed by atoms with van der Waals surface area (Å²) in [6.45, 7) is 7.56. The maximum atomic E-state index is 11.8. The molecule has 0 aromatic carbocycles. The standard InChI is InChI=1S/C7H17N2O2P/c1-3-11-12(2,10)9-6-4-8-5-7-9/h8H,3-7H2,1-2H3. The highest BCUT2D eigenvalue weighted by molar-refractivity contribution is 7.55. The highest BCUT2D eigenvalue weighted by atomic mass is 31.2. The third-order valence-corrected chi connectivity index (χ3v) is 4.14. The van der Waals surface area contributed by atoms with Gasteiger partial charge in [-0.3, -0.25) is 4.57 Å². The topological polar surface area (TPSA) is 41.6 Å². The molecule has 0 aromatic rings. The van der Waals surface area contributed by atoms with E-state index in [2.05, 4.69) is 5.32 Å². The van der Waals surface area contributed by atoms with Crippen LogP contribution >= 0.6 is 7.52 Å². The van der Waals surface area contributed by atoms with Crippen molar-refractivity contribution in [3.05, 3.63) is 0 Å². The second-order valence-corrected chi connectivity index (χ2v) is 5.35. The van der Waals surface area contributed by atoms with Crippen LogP contribution in [0.3, 0.4) is 0 Å². The molecule has 1 aliphatic heterocycles. The first-order chi connectivity index (χ1) is 5.67. The molecule has 0 aliphatic carbocycles. The Bertz CT molecular complexity index is 180. The van der Waals surface area contributed by atoms with Crippen LogP contribution in [-0.4, -0.2) is 44.1 Å². The second kappa shape index (κ2) is 4.38. The minimum atomic E-state index is -2.47. The number of rotatable bonds is 3. The summed E-state index contributed by atoms with van der Waals surface area (Å²) >= 11 is 0. The summed E-state index contributed by atoms with van der Waals surface area (Å²) in [5.74, 6) is 0. The van der Waals surface area contributed by atoms with E-state index in [1.165, 1.54) is 0 Å². The fourth-order valence-electron chi connectivity index (χ4n) is 1.34. The Hall–Kier alpha value is 0.110. The highest BCUT2D eigenvalue weighted by Crippen LogP contribution is 2.46. The minimum Gasteiger partial charge on any atom is -0.318 e. The van der Waals surface area contributed by atoms with Crippen LogP contribution in [0, 0.1) is 0 Å². The van der Waals surface area contributed by atoms with Crippen LogP contribution in [-0.2, 0) is 9.09 Å². The highest BCUT2D eigenvalue weighted by Gasteiger charge is 2.26. The zero-order chi connectivity index (χ0) is 9.03. The average Bonchev–Trinajstić information content (AvgIpc) is 2.06. The summed E-state index contributed by atoms with van der Waals surface area (Å²) in [5.41, 5.74) is 0. The average molecular weight is 192 g/mol. The number of piperazine rings is 1. The van der Waals surface area contributed by atoms with Crippen molar-refractivity contribution in [2.45, 2.75) is 6.92 Å². The molecule has 1 aliphatic rings. The first kappa shape index (κ1) is 10.2. The first-order valence-corrected chi connectivity index (χ1v) is 6.37. The monoisotopic (exact) mass is 192 g/mol. The van der Waals surface area contributed by atoms with Crippen LogP contribution in [0.25, 0.3) is 0 Å². The lowest BCUT2D eigenvalue weighted by Crippen LogP contribution is -2.41. The van der Waals surface area contributed by atoms with Gasteiger partial charge < -0.3 is 9.84 Å². The van der Waals surface area contributed by atoms with Crippen molar-refractivity contribution in [2.75, 3.05) is 39.5 Å². The molecule has 1 unspecified atom stereocenters. The molecule has 4 nitrogen and oxygen atoms in total. The first-order valence-electron chi connectivity index (χ1n) is 4.35. The molecule has 5 heteroatoms. The second-order valence-electron chi connectivity index (χ2n) is 2.92. The summed E-state index contributed by atoms with van der Waals surface area (Å²) in [4.78, 5) is 0. The Balaban J connectivity index is 2.48. The molecular formula is C7H17N2O2P. The predicted molar refractivity (Wildman–Crippen MR) is 49.6 cm³/mol. The van der Waals surface area contributed by atoms with Crippen molar-refractivity contribution in [3.63, 3.8) is 0 Å². The van der Waals surface area contributed by atoms with Gasteiger partial charge in [-0.15, -0.1) is 0 Å². The molecule has 0 amide bonds. The van der Waals surface area contributed by atoms with E-state index < -0.39 is 7.52 Å². The molecular weight excluding hydrogens is 175 g/mol. The molecule has 0 aromatic heterocycles. The molecule has 1 atom stereocenters. The van der Waals surface area contributed by atoms with Crippen LogP contribution in [0.5, 0.6) is 0 Å². The van der Waals surface area contributed by atoms with Crippen molar-refractivity contribution in [1.82, 2.24) is 9.99 Å². The number of hydrogen-bond acceptors (Lipinski definition) is 3. The zero-order valence-corrected chi connectivity index (χ0v) is 8.64. The van der Waals surface area contributed by atoms with Crippen molar-refractivity contribution >= 4 is 7.52 Å². The van der Waals surface area contributed by atoms with Gasteiger partial charge in [0.25, 0.3) is 7.52 Å². The lowest BCUT2D eigenvalue weighted by molar-refractivity contribution is 0.261. The van der Waals surface area contributed by atoms with E-state index in [9.17, 15) is 4.57 Å². The van der Waals surface area contributed by atoms with Crippen molar-refractivity contribution < 1.29 is 9.09 Å². The molecule has 1 saturated heterocycles. The Morgan fingerprint density at radius 1 is 1.50 bits per heavy atom. The third-order valence-electron chi connectivity index (χ3n) is 1.98. The van der Waals surface area contributed by atoms with E-state index in [-0.39, 0.29) is 0 Å². The van der Waals surface area contributed by atoms with Gasteiger partial charge in [0.1, 0.15) is 0 Å². The Morgan fingerprint density at radius 2 is 2.08 bits per heavy atom. The van der Waals surface area contributed by atoms with Crippen LogP contribution in [0.1, 0.15) is 6.92 Å². The lowest BCUT2D eigenvalue weighted by Gasteiger charge is -2.31. The number of hydrogen-bond donors (Lipinski definition) is 1.